The number of hydrogen-bond acceptors (Lipinski definition) is 5. The van der Waals surface area contributed by atoms with Crippen LogP contribution in [0.3, 0.4) is 0 Å². The number of rotatable bonds is 3. The van der Waals surface area contributed by atoms with E-state index in [9.17, 15) is 0 Å². The fourth-order valence-corrected chi connectivity index (χ4v) is 2.98. The number of hydrogen-bond donors (Lipinski definition) is 1. The van der Waals surface area contributed by atoms with Gasteiger partial charge in [-0.3, -0.25) is 4.90 Å². The molecule has 1 unspecified atom stereocenters. The van der Waals surface area contributed by atoms with Gasteiger partial charge in [-0.1, -0.05) is 11.2 Å². The van der Waals surface area contributed by atoms with Crippen LogP contribution in [0.4, 0.5) is 0 Å². The van der Waals surface area contributed by atoms with Gasteiger partial charge in [-0.25, -0.2) is 0 Å². The summed E-state index contributed by atoms with van der Waals surface area (Å²) in [6.45, 7) is 6.29. The zero-order valence-corrected chi connectivity index (χ0v) is 11.2. The molecule has 1 atom stereocenters. The van der Waals surface area contributed by atoms with Gasteiger partial charge in [0.25, 0.3) is 0 Å². The monoisotopic (exact) mass is 263 g/mol. The van der Waals surface area contributed by atoms with Gasteiger partial charge >= 0.3 is 0 Å². The van der Waals surface area contributed by atoms with Crippen molar-refractivity contribution in [1.82, 2.24) is 15.4 Å². The summed E-state index contributed by atoms with van der Waals surface area (Å²) in [7, 11) is 0. The maximum atomic E-state index is 5.40. The van der Waals surface area contributed by atoms with Crippen LogP contribution >= 0.6 is 11.3 Å². The molecule has 2 aromatic heterocycles. The van der Waals surface area contributed by atoms with Gasteiger partial charge < -0.3 is 9.84 Å². The minimum absolute atomic E-state index is 0.558. The van der Waals surface area contributed by atoms with Gasteiger partial charge in [0.1, 0.15) is 0 Å². The number of piperazine rings is 1. The summed E-state index contributed by atoms with van der Waals surface area (Å²) in [4.78, 5) is 3.56. The lowest BCUT2D eigenvalue weighted by atomic mass is 10.2. The standard InChI is InChI=1S/C13H17N3OS/c1-10-8-16(5-4-14-10)9-11-7-12(17-15-11)13-3-2-6-18-13/h2-3,6-7,10,14H,4-5,8-9H2,1H3. The van der Waals surface area contributed by atoms with E-state index in [0.29, 0.717) is 6.04 Å². The Morgan fingerprint density at radius 2 is 2.56 bits per heavy atom. The molecule has 1 N–H and O–H groups in total. The van der Waals surface area contributed by atoms with Crippen molar-refractivity contribution < 1.29 is 4.52 Å². The summed E-state index contributed by atoms with van der Waals surface area (Å²) in [6.07, 6.45) is 0. The Morgan fingerprint density at radius 1 is 1.61 bits per heavy atom. The average molecular weight is 263 g/mol. The lowest BCUT2D eigenvalue weighted by molar-refractivity contribution is 0.195. The van der Waals surface area contributed by atoms with Crippen molar-refractivity contribution >= 4 is 11.3 Å². The minimum atomic E-state index is 0.558. The lowest BCUT2D eigenvalue weighted by Crippen LogP contribution is -2.48. The molecule has 0 bridgehead atoms. The highest BCUT2D eigenvalue weighted by atomic mass is 32.1. The van der Waals surface area contributed by atoms with Crippen LogP contribution in [0.5, 0.6) is 0 Å². The molecule has 3 heterocycles. The van der Waals surface area contributed by atoms with Gasteiger partial charge in [0.05, 0.1) is 10.6 Å². The first-order chi connectivity index (χ1) is 8.81. The van der Waals surface area contributed by atoms with E-state index < -0.39 is 0 Å². The summed E-state index contributed by atoms with van der Waals surface area (Å²) in [5.74, 6) is 0.878. The molecule has 1 aliphatic heterocycles. The Hall–Kier alpha value is -1.17. The second-order valence-electron chi connectivity index (χ2n) is 4.75. The van der Waals surface area contributed by atoms with Crippen LogP contribution < -0.4 is 5.32 Å². The molecule has 96 valence electrons. The second-order valence-corrected chi connectivity index (χ2v) is 5.70. The van der Waals surface area contributed by atoms with Crippen molar-refractivity contribution in [2.24, 2.45) is 0 Å². The Morgan fingerprint density at radius 3 is 3.33 bits per heavy atom. The Labute approximate surface area is 111 Å². The van der Waals surface area contributed by atoms with Gasteiger partial charge in [-0.05, 0) is 18.4 Å². The summed E-state index contributed by atoms with van der Waals surface area (Å²) in [6, 6.07) is 6.70. The molecule has 1 aliphatic rings. The molecule has 18 heavy (non-hydrogen) atoms. The van der Waals surface area contributed by atoms with Gasteiger partial charge in [0.2, 0.25) is 0 Å². The Kier molecular flexibility index (Phi) is 3.45. The predicted molar refractivity (Wildman–Crippen MR) is 72.6 cm³/mol. The van der Waals surface area contributed by atoms with E-state index >= 15 is 0 Å². The summed E-state index contributed by atoms with van der Waals surface area (Å²) < 4.78 is 5.40. The molecule has 0 amide bonds. The quantitative estimate of drug-likeness (QED) is 0.921. The van der Waals surface area contributed by atoms with Crippen LogP contribution in [0.1, 0.15) is 12.6 Å². The normalized spacial score (nSPS) is 21.3. The summed E-state index contributed by atoms with van der Waals surface area (Å²) >= 11 is 1.68. The maximum Gasteiger partial charge on any atom is 0.177 e. The highest BCUT2D eigenvalue weighted by Crippen LogP contribution is 2.25. The van der Waals surface area contributed by atoms with E-state index in [1.165, 1.54) is 0 Å². The number of nitrogens with zero attached hydrogens (tertiary/aromatic N) is 2. The number of nitrogens with one attached hydrogen (secondary N) is 1. The molecule has 4 nitrogen and oxygen atoms in total. The van der Waals surface area contributed by atoms with Crippen LogP contribution in [0.15, 0.2) is 28.1 Å². The molecular weight excluding hydrogens is 246 g/mol. The largest absolute Gasteiger partial charge is 0.355 e. The smallest absolute Gasteiger partial charge is 0.177 e. The van der Waals surface area contributed by atoms with E-state index in [1.54, 1.807) is 11.3 Å². The van der Waals surface area contributed by atoms with Crippen molar-refractivity contribution in [3.05, 3.63) is 29.3 Å². The number of aromatic nitrogens is 1. The second kappa shape index (κ2) is 5.22. The van der Waals surface area contributed by atoms with Crippen LogP contribution in [0, 0.1) is 0 Å². The molecule has 0 aromatic carbocycles. The van der Waals surface area contributed by atoms with Gasteiger partial charge in [-0.15, -0.1) is 11.3 Å². The fraction of sp³-hybridized carbons (Fsp3) is 0.462. The molecule has 0 saturated carbocycles. The summed E-state index contributed by atoms with van der Waals surface area (Å²) in [5, 5.41) is 9.65. The van der Waals surface area contributed by atoms with E-state index in [4.69, 9.17) is 4.52 Å². The summed E-state index contributed by atoms with van der Waals surface area (Å²) in [5.41, 5.74) is 1.02. The van der Waals surface area contributed by atoms with Crippen LogP contribution in [0.2, 0.25) is 0 Å². The molecule has 0 aliphatic carbocycles. The first-order valence-electron chi connectivity index (χ1n) is 6.26. The number of thiophene rings is 1. The molecule has 1 fully saturated rings. The highest BCUT2D eigenvalue weighted by Gasteiger charge is 2.17. The van der Waals surface area contributed by atoms with E-state index in [0.717, 1.165) is 42.5 Å². The molecular formula is C13H17N3OS. The van der Waals surface area contributed by atoms with E-state index in [1.807, 2.05) is 6.07 Å². The average Bonchev–Trinajstić information content (AvgIpc) is 2.98. The topological polar surface area (TPSA) is 41.3 Å². The molecule has 0 spiro atoms. The Bertz CT molecular complexity index is 494. The Balaban J connectivity index is 1.66. The van der Waals surface area contributed by atoms with E-state index in [-0.39, 0.29) is 0 Å². The first kappa shape index (κ1) is 11.9. The van der Waals surface area contributed by atoms with Gasteiger partial charge in [0, 0.05) is 38.3 Å². The maximum absolute atomic E-state index is 5.40. The van der Waals surface area contributed by atoms with Crippen molar-refractivity contribution in [1.29, 1.82) is 0 Å². The van der Waals surface area contributed by atoms with Crippen molar-refractivity contribution in [2.45, 2.75) is 19.5 Å². The predicted octanol–water partition coefficient (Wildman–Crippen LogP) is 2.20. The van der Waals surface area contributed by atoms with Crippen molar-refractivity contribution in [2.75, 3.05) is 19.6 Å². The zero-order chi connectivity index (χ0) is 12.4. The third-order valence-corrected chi connectivity index (χ3v) is 4.05. The molecule has 0 radical (unpaired) electrons. The van der Waals surface area contributed by atoms with Crippen molar-refractivity contribution in [3.63, 3.8) is 0 Å². The first-order valence-corrected chi connectivity index (χ1v) is 7.14. The van der Waals surface area contributed by atoms with Crippen LogP contribution in [-0.4, -0.2) is 35.7 Å². The lowest BCUT2D eigenvalue weighted by Gasteiger charge is -2.30. The third kappa shape index (κ3) is 2.63. The van der Waals surface area contributed by atoms with Crippen molar-refractivity contribution in [3.8, 4) is 10.6 Å². The fourth-order valence-electron chi connectivity index (χ4n) is 2.31. The van der Waals surface area contributed by atoms with Crippen LogP contribution in [0.25, 0.3) is 10.6 Å². The third-order valence-electron chi connectivity index (χ3n) is 3.16. The minimum Gasteiger partial charge on any atom is -0.355 e. The SMILES string of the molecule is CC1CN(Cc2cc(-c3cccs3)on2)CCN1. The molecule has 5 heteroatoms. The molecule has 1 saturated heterocycles. The molecule has 3 rings (SSSR count). The highest BCUT2D eigenvalue weighted by molar-refractivity contribution is 7.13. The van der Waals surface area contributed by atoms with Crippen LogP contribution in [-0.2, 0) is 6.54 Å². The molecule has 2 aromatic rings. The van der Waals surface area contributed by atoms with Gasteiger partial charge in [0.15, 0.2) is 5.76 Å². The van der Waals surface area contributed by atoms with Gasteiger partial charge in [-0.2, -0.15) is 0 Å². The zero-order valence-electron chi connectivity index (χ0n) is 10.4. The van der Waals surface area contributed by atoms with E-state index in [2.05, 4.69) is 39.8 Å².